The van der Waals surface area contributed by atoms with Gasteiger partial charge in [0.05, 0.1) is 21.3 Å². The molecule has 9 nitrogen and oxygen atoms in total. The van der Waals surface area contributed by atoms with Gasteiger partial charge in [0.15, 0.2) is 5.65 Å². The molecule has 0 unspecified atom stereocenters. The summed E-state index contributed by atoms with van der Waals surface area (Å²) in [5.41, 5.74) is 4.60. The van der Waals surface area contributed by atoms with Crippen molar-refractivity contribution in [2.75, 3.05) is 16.4 Å². The van der Waals surface area contributed by atoms with E-state index in [1.165, 1.54) is 24.4 Å². The van der Waals surface area contributed by atoms with Crippen LogP contribution in [-0.4, -0.2) is 32.4 Å². The lowest BCUT2D eigenvalue weighted by Crippen LogP contribution is -2.43. The summed E-state index contributed by atoms with van der Waals surface area (Å²) in [5.74, 6) is -0.838. The average molecular weight is 592 g/mol. The molecular weight excluding hydrogens is 570 g/mol. The molecule has 2 aromatic heterocycles. The summed E-state index contributed by atoms with van der Waals surface area (Å²) in [4.78, 5) is 38.1. The largest absolute Gasteiger partial charge is 0.416 e. The molecule has 3 amide bonds. The first-order valence-corrected chi connectivity index (χ1v) is 12.4. The molecule has 0 spiro atoms. The maximum Gasteiger partial charge on any atom is 0.416 e. The van der Waals surface area contributed by atoms with Crippen molar-refractivity contribution in [3.8, 4) is 11.1 Å². The number of carbonyl (C=O) groups is 2. The first-order valence-electron chi connectivity index (χ1n) is 11.6. The molecule has 14 heteroatoms. The van der Waals surface area contributed by atoms with Crippen molar-refractivity contribution in [3.63, 3.8) is 0 Å². The molecule has 2 heterocycles. The summed E-state index contributed by atoms with van der Waals surface area (Å²) in [7, 11) is 0. The number of alkyl halides is 3. The fourth-order valence-corrected chi connectivity index (χ4v) is 4.29. The number of urea groups is 1. The third-order valence-corrected chi connectivity index (χ3v) is 6.08. The number of carbonyl (C=O) groups excluding carboxylic acids is 2. The Labute approximate surface area is 236 Å². The first kappa shape index (κ1) is 28.8. The number of hydrogen-bond donors (Lipinski definition) is 4. The number of fused-ring (bicyclic) bond motifs is 1. The Balaban J connectivity index is 1.79. The number of amides is 3. The zero-order chi connectivity index (χ0) is 29.4. The van der Waals surface area contributed by atoms with Crippen molar-refractivity contribution >= 4 is 63.6 Å². The fourth-order valence-electron chi connectivity index (χ4n) is 3.67. The molecule has 0 saturated carbocycles. The molecule has 0 radical (unpaired) electrons. The van der Waals surface area contributed by atoms with E-state index < -0.39 is 29.2 Å². The molecule has 0 bridgehead atoms. The molecule has 2 aromatic carbocycles. The lowest BCUT2D eigenvalue weighted by molar-refractivity contribution is -0.137. The molecule has 0 aliphatic carbocycles. The number of halogens is 5. The molecule has 40 heavy (non-hydrogen) atoms. The van der Waals surface area contributed by atoms with E-state index >= 15 is 0 Å². The number of rotatable bonds is 4. The maximum atomic E-state index is 13.1. The second-order valence-electron chi connectivity index (χ2n) is 9.67. The summed E-state index contributed by atoms with van der Waals surface area (Å²) in [5, 5.41) is 8.47. The van der Waals surface area contributed by atoms with Gasteiger partial charge in [-0.2, -0.15) is 18.2 Å². The van der Waals surface area contributed by atoms with Gasteiger partial charge >= 0.3 is 12.2 Å². The Morgan fingerprint density at radius 3 is 2.38 bits per heavy atom. The topological polar surface area (TPSA) is 135 Å². The lowest BCUT2D eigenvalue weighted by Gasteiger charge is -2.22. The minimum atomic E-state index is -4.62. The molecule has 5 N–H and O–H groups in total. The normalized spacial score (nSPS) is 11.8. The summed E-state index contributed by atoms with van der Waals surface area (Å²) in [6.45, 7) is 5.37. The summed E-state index contributed by atoms with van der Waals surface area (Å²) in [6, 6.07) is 7.80. The zero-order valence-electron chi connectivity index (χ0n) is 21.2. The molecule has 0 atom stereocenters. The van der Waals surface area contributed by atoms with Crippen molar-refractivity contribution in [2.24, 2.45) is 0 Å². The summed E-state index contributed by atoms with van der Waals surface area (Å²) >= 11 is 13.2. The van der Waals surface area contributed by atoms with Crippen molar-refractivity contribution in [1.29, 1.82) is 0 Å². The van der Waals surface area contributed by atoms with E-state index in [1.807, 2.05) is 0 Å². The monoisotopic (exact) mass is 591 g/mol. The Morgan fingerprint density at radius 2 is 1.70 bits per heavy atom. The number of nitrogens with one attached hydrogen (secondary N) is 3. The Morgan fingerprint density at radius 1 is 0.975 bits per heavy atom. The van der Waals surface area contributed by atoms with Crippen LogP contribution in [0.5, 0.6) is 0 Å². The molecule has 0 fully saturated rings. The second-order valence-corrected chi connectivity index (χ2v) is 10.5. The predicted molar refractivity (Wildman–Crippen MR) is 149 cm³/mol. The molecule has 0 saturated heterocycles. The minimum absolute atomic E-state index is 0.0255. The van der Waals surface area contributed by atoms with Gasteiger partial charge in [-0.3, -0.25) is 10.1 Å². The first-order chi connectivity index (χ1) is 18.6. The lowest BCUT2D eigenvalue weighted by atomic mass is 10.0. The van der Waals surface area contributed by atoms with Crippen LogP contribution in [0.4, 0.5) is 35.4 Å². The quantitative estimate of drug-likeness (QED) is 0.207. The molecule has 208 valence electrons. The van der Waals surface area contributed by atoms with Crippen molar-refractivity contribution < 1.29 is 22.8 Å². The van der Waals surface area contributed by atoms with E-state index in [4.69, 9.17) is 28.9 Å². The second kappa shape index (κ2) is 10.8. The van der Waals surface area contributed by atoms with E-state index in [1.54, 1.807) is 26.8 Å². The Kier molecular flexibility index (Phi) is 7.77. The predicted octanol–water partition coefficient (Wildman–Crippen LogP) is 6.77. The highest BCUT2D eigenvalue weighted by Crippen LogP contribution is 2.43. The highest BCUT2D eigenvalue weighted by Gasteiger charge is 2.31. The van der Waals surface area contributed by atoms with Crippen molar-refractivity contribution in [3.05, 3.63) is 69.8 Å². The smallest absolute Gasteiger partial charge is 0.368 e. The van der Waals surface area contributed by atoms with E-state index in [9.17, 15) is 22.8 Å². The average Bonchev–Trinajstić information content (AvgIpc) is 2.84. The number of nitrogens with zero attached hydrogens (tertiary/aromatic N) is 3. The number of pyridine rings is 1. The van der Waals surface area contributed by atoms with Gasteiger partial charge in [-0.1, -0.05) is 29.3 Å². The highest BCUT2D eigenvalue weighted by molar-refractivity contribution is 6.41. The Hall–Kier alpha value is -4.16. The molecule has 4 aromatic rings. The van der Waals surface area contributed by atoms with Crippen LogP contribution in [0.2, 0.25) is 10.0 Å². The van der Waals surface area contributed by atoms with Crippen LogP contribution in [0.3, 0.4) is 0 Å². The van der Waals surface area contributed by atoms with Crippen molar-refractivity contribution in [1.82, 2.24) is 20.3 Å². The minimum Gasteiger partial charge on any atom is -0.368 e. The van der Waals surface area contributed by atoms with E-state index in [2.05, 4.69) is 30.9 Å². The van der Waals surface area contributed by atoms with Crippen LogP contribution in [0.15, 0.2) is 48.7 Å². The third-order valence-electron chi connectivity index (χ3n) is 5.37. The zero-order valence-corrected chi connectivity index (χ0v) is 22.8. The van der Waals surface area contributed by atoms with Crippen LogP contribution in [0.1, 0.15) is 36.7 Å². The van der Waals surface area contributed by atoms with E-state index in [0.29, 0.717) is 5.39 Å². The van der Waals surface area contributed by atoms with Gasteiger partial charge in [-0.15, -0.1) is 0 Å². The van der Waals surface area contributed by atoms with Gasteiger partial charge in [0, 0.05) is 33.8 Å². The number of nitrogens with two attached hydrogens (primary N) is 1. The van der Waals surface area contributed by atoms with Gasteiger partial charge < -0.3 is 16.4 Å². The Bertz CT molecular complexity index is 1640. The van der Waals surface area contributed by atoms with Crippen molar-refractivity contribution in [2.45, 2.75) is 32.5 Å². The van der Waals surface area contributed by atoms with Crippen LogP contribution in [0.25, 0.3) is 22.2 Å². The van der Waals surface area contributed by atoms with Crippen LogP contribution in [-0.2, 0) is 6.18 Å². The van der Waals surface area contributed by atoms with Gasteiger partial charge in [-0.05, 0) is 57.2 Å². The SMILES string of the molecule is CC(C)(C)NC(=O)Nc1nc2nc(N)ncc2cc1-c1c(Cl)ccc(NC(=O)c2cccc(C(F)(F)F)c2)c1Cl. The molecule has 4 rings (SSSR count). The van der Waals surface area contributed by atoms with E-state index in [-0.39, 0.29) is 49.8 Å². The molecular formula is C26H22Cl2F3N7O2. The van der Waals surface area contributed by atoms with Gasteiger partial charge in [0.25, 0.3) is 5.91 Å². The fraction of sp³-hybridized carbons (Fsp3) is 0.192. The standard InChI is InChI=1S/C26H22Cl2F3N7O2/c1-25(2,3)38-24(40)37-21-15(10-13-11-33-23(32)36-20(13)35-21)18-16(27)7-8-17(19(18)28)34-22(39)12-5-4-6-14(9-12)26(29,30)31/h4-11H,1-3H3,(H,34,39)(H4,32,33,35,36,37,38,40). The highest BCUT2D eigenvalue weighted by atomic mass is 35.5. The maximum absolute atomic E-state index is 13.1. The summed E-state index contributed by atoms with van der Waals surface area (Å²) in [6.07, 6.45) is -3.20. The van der Waals surface area contributed by atoms with Crippen LogP contribution in [0, 0.1) is 0 Å². The van der Waals surface area contributed by atoms with E-state index in [0.717, 1.165) is 18.2 Å². The molecule has 0 aliphatic heterocycles. The number of benzene rings is 2. The van der Waals surface area contributed by atoms with Gasteiger partial charge in [0.2, 0.25) is 5.95 Å². The van der Waals surface area contributed by atoms with Gasteiger partial charge in [-0.25, -0.2) is 14.8 Å². The van der Waals surface area contributed by atoms with Gasteiger partial charge in [0.1, 0.15) is 5.82 Å². The van der Waals surface area contributed by atoms with Crippen LogP contribution < -0.4 is 21.7 Å². The number of nitrogen functional groups attached to an aromatic ring is 1. The summed E-state index contributed by atoms with van der Waals surface area (Å²) < 4.78 is 39.4. The third kappa shape index (κ3) is 6.52. The molecule has 0 aliphatic rings. The van der Waals surface area contributed by atoms with Crippen LogP contribution >= 0.6 is 23.2 Å². The number of hydrogen-bond acceptors (Lipinski definition) is 6. The number of anilines is 3. The number of aromatic nitrogens is 3.